The molecule has 1 heterocycles. The Kier molecular flexibility index (Phi) is 9.40. The molecule has 3 nitrogen and oxygen atoms in total. The first-order valence-corrected chi connectivity index (χ1v) is 20.3. The Labute approximate surface area is 344 Å². The Hall–Kier alpha value is -7.49. The van der Waals surface area contributed by atoms with Crippen LogP contribution in [0.25, 0.3) is 105 Å². The SMILES string of the molecule is CC/C=C(\C=NC)c1cccc(-c2cc(-c3ccc(-c4cccc5ccccc45)cc3)nc(-c3ccc(-c4ccc5c6ccccc6c6ccccc6c5c4)cc3)n2)c1. The second-order valence-corrected chi connectivity index (χ2v) is 15.0. The van der Waals surface area contributed by atoms with E-state index in [4.69, 9.17) is 9.97 Å². The van der Waals surface area contributed by atoms with Gasteiger partial charge in [0.25, 0.3) is 0 Å². The number of allylic oxidation sites excluding steroid dienone is 2. The maximum atomic E-state index is 5.23. The van der Waals surface area contributed by atoms with Crippen molar-refractivity contribution in [3.8, 4) is 56.2 Å². The molecule has 0 aliphatic heterocycles. The van der Waals surface area contributed by atoms with E-state index in [1.54, 1.807) is 0 Å². The van der Waals surface area contributed by atoms with E-state index in [1.807, 2.05) is 13.3 Å². The quantitative estimate of drug-likeness (QED) is 0.114. The lowest BCUT2D eigenvalue weighted by Crippen LogP contribution is -1.97. The van der Waals surface area contributed by atoms with Crippen LogP contribution in [0.4, 0.5) is 0 Å². The number of rotatable bonds is 8. The van der Waals surface area contributed by atoms with E-state index in [1.165, 1.54) is 59.8 Å². The summed E-state index contributed by atoms with van der Waals surface area (Å²) >= 11 is 0. The fraction of sp³-hybridized carbons (Fsp3) is 0.0536. The molecule has 3 heteroatoms. The van der Waals surface area contributed by atoms with Crippen LogP contribution in [-0.4, -0.2) is 23.2 Å². The molecule has 9 aromatic carbocycles. The Morgan fingerprint density at radius 3 is 1.68 bits per heavy atom. The molecule has 0 spiro atoms. The zero-order valence-electron chi connectivity index (χ0n) is 33.1. The van der Waals surface area contributed by atoms with E-state index < -0.39 is 0 Å². The number of hydrogen-bond acceptors (Lipinski definition) is 3. The van der Waals surface area contributed by atoms with Crippen LogP contribution in [0.1, 0.15) is 18.9 Å². The highest BCUT2D eigenvalue weighted by atomic mass is 14.9. The zero-order valence-corrected chi connectivity index (χ0v) is 33.1. The second-order valence-electron chi connectivity index (χ2n) is 15.0. The Morgan fingerprint density at radius 2 is 0.983 bits per heavy atom. The van der Waals surface area contributed by atoms with E-state index in [0.29, 0.717) is 5.82 Å². The third-order valence-electron chi connectivity index (χ3n) is 11.4. The number of benzene rings is 9. The molecule has 0 radical (unpaired) electrons. The average Bonchev–Trinajstić information content (AvgIpc) is 3.31. The minimum Gasteiger partial charge on any atom is -0.296 e. The normalized spacial score (nSPS) is 12.0. The van der Waals surface area contributed by atoms with Crippen LogP contribution in [0.5, 0.6) is 0 Å². The number of hydrogen-bond donors (Lipinski definition) is 0. The molecule has 59 heavy (non-hydrogen) atoms. The first-order chi connectivity index (χ1) is 29.1. The lowest BCUT2D eigenvalue weighted by Gasteiger charge is -2.13. The summed E-state index contributed by atoms with van der Waals surface area (Å²) in [6.07, 6.45) is 5.06. The molecule has 280 valence electrons. The molecule has 10 aromatic rings. The third-order valence-corrected chi connectivity index (χ3v) is 11.4. The molecule has 0 aliphatic rings. The number of fused-ring (bicyclic) bond motifs is 7. The van der Waals surface area contributed by atoms with Crippen LogP contribution in [0, 0.1) is 0 Å². The first-order valence-electron chi connectivity index (χ1n) is 20.3. The molecule has 0 saturated carbocycles. The third kappa shape index (κ3) is 6.77. The highest BCUT2D eigenvalue weighted by molar-refractivity contribution is 6.25. The van der Waals surface area contributed by atoms with Gasteiger partial charge in [0.05, 0.1) is 11.4 Å². The summed E-state index contributed by atoms with van der Waals surface area (Å²) in [4.78, 5) is 14.8. The van der Waals surface area contributed by atoms with E-state index >= 15 is 0 Å². The van der Waals surface area contributed by atoms with Crippen molar-refractivity contribution >= 4 is 54.9 Å². The minimum absolute atomic E-state index is 0.683. The van der Waals surface area contributed by atoms with Gasteiger partial charge in [0.15, 0.2) is 5.82 Å². The zero-order chi connectivity index (χ0) is 39.7. The van der Waals surface area contributed by atoms with Gasteiger partial charge in [0, 0.05) is 30.0 Å². The van der Waals surface area contributed by atoms with Crippen LogP contribution in [-0.2, 0) is 0 Å². The molecule has 0 fully saturated rings. The highest BCUT2D eigenvalue weighted by Crippen LogP contribution is 2.38. The van der Waals surface area contributed by atoms with Crippen LogP contribution < -0.4 is 0 Å². The summed E-state index contributed by atoms with van der Waals surface area (Å²) in [7, 11) is 1.82. The van der Waals surface area contributed by atoms with Crippen LogP contribution >= 0.6 is 0 Å². The van der Waals surface area contributed by atoms with Crippen LogP contribution in [0.2, 0.25) is 0 Å². The first kappa shape index (κ1) is 35.9. The summed E-state index contributed by atoms with van der Waals surface area (Å²) in [6.45, 7) is 2.15. The van der Waals surface area contributed by atoms with Crippen molar-refractivity contribution in [3.05, 3.63) is 200 Å². The van der Waals surface area contributed by atoms with E-state index in [2.05, 4.69) is 206 Å². The van der Waals surface area contributed by atoms with Crippen molar-refractivity contribution < 1.29 is 0 Å². The highest BCUT2D eigenvalue weighted by Gasteiger charge is 2.14. The summed E-state index contributed by atoms with van der Waals surface area (Å²) in [5.41, 5.74) is 11.7. The Morgan fingerprint density at radius 1 is 0.441 bits per heavy atom. The second kappa shape index (κ2) is 15.5. The van der Waals surface area contributed by atoms with Crippen molar-refractivity contribution in [2.75, 3.05) is 7.05 Å². The molecule has 0 atom stereocenters. The fourth-order valence-electron chi connectivity index (χ4n) is 8.53. The van der Waals surface area contributed by atoms with Gasteiger partial charge in [-0.15, -0.1) is 0 Å². The largest absolute Gasteiger partial charge is 0.296 e. The molecular weight excluding hydrogens is 715 g/mol. The van der Waals surface area contributed by atoms with E-state index in [-0.39, 0.29) is 0 Å². The number of aliphatic imine (C=N–C) groups is 1. The molecule has 10 rings (SSSR count). The lowest BCUT2D eigenvalue weighted by molar-refractivity contribution is 1.18. The van der Waals surface area contributed by atoms with Gasteiger partial charge in [-0.3, -0.25) is 4.99 Å². The molecule has 0 bridgehead atoms. The lowest BCUT2D eigenvalue weighted by atomic mass is 9.92. The van der Waals surface area contributed by atoms with Crippen molar-refractivity contribution in [3.63, 3.8) is 0 Å². The maximum absolute atomic E-state index is 5.23. The summed E-state index contributed by atoms with van der Waals surface area (Å²) in [5.74, 6) is 0.683. The Bertz CT molecular complexity index is 3210. The van der Waals surface area contributed by atoms with E-state index in [9.17, 15) is 0 Å². The monoisotopic (exact) mass is 755 g/mol. The predicted molar refractivity (Wildman–Crippen MR) is 252 cm³/mol. The van der Waals surface area contributed by atoms with Crippen molar-refractivity contribution in [1.29, 1.82) is 0 Å². The molecule has 0 saturated heterocycles. The summed E-state index contributed by atoms with van der Waals surface area (Å²) in [6, 6.07) is 67.5. The molecule has 0 amide bonds. The standard InChI is InChI=1S/C56H41N3/c1-3-12-45(36-57-2)42-15-10-16-44(33-42)55-35-54(40-27-25-39(26-28-40)47-22-11-14-38-13-4-5-17-46(38)47)58-56(59-55)41-29-23-37(24-30-41)43-31-32-52-50-20-7-6-18-48(50)49-19-8-9-21-51(49)53(52)34-43/h4-36H,3H2,1-2H3/b45-12+,57-36?. The predicted octanol–water partition coefficient (Wildman–Crippen LogP) is 14.9. The van der Waals surface area contributed by atoms with Gasteiger partial charge < -0.3 is 0 Å². The molecule has 0 aliphatic carbocycles. The smallest absolute Gasteiger partial charge is 0.160 e. The average molecular weight is 756 g/mol. The number of aromatic nitrogens is 2. The van der Waals surface area contributed by atoms with E-state index in [0.717, 1.165) is 51.2 Å². The Balaban J connectivity index is 1.06. The van der Waals surface area contributed by atoms with Crippen molar-refractivity contribution in [1.82, 2.24) is 9.97 Å². The van der Waals surface area contributed by atoms with Gasteiger partial charge in [-0.1, -0.05) is 183 Å². The van der Waals surface area contributed by atoms with Gasteiger partial charge >= 0.3 is 0 Å². The fourth-order valence-corrected chi connectivity index (χ4v) is 8.53. The van der Waals surface area contributed by atoms with Gasteiger partial charge in [0.1, 0.15) is 0 Å². The van der Waals surface area contributed by atoms with Gasteiger partial charge in [0.2, 0.25) is 0 Å². The molecule has 1 aromatic heterocycles. The molecule has 0 N–H and O–H groups in total. The van der Waals surface area contributed by atoms with Gasteiger partial charge in [-0.05, 0) is 101 Å². The molecular formula is C56H41N3. The maximum Gasteiger partial charge on any atom is 0.160 e. The van der Waals surface area contributed by atoms with Gasteiger partial charge in [-0.2, -0.15) is 0 Å². The van der Waals surface area contributed by atoms with Gasteiger partial charge in [-0.25, -0.2) is 9.97 Å². The topological polar surface area (TPSA) is 38.1 Å². The number of nitrogens with zero attached hydrogens (tertiary/aromatic N) is 3. The van der Waals surface area contributed by atoms with Crippen LogP contribution in [0.3, 0.4) is 0 Å². The minimum atomic E-state index is 0.683. The van der Waals surface area contributed by atoms with Crippen molar-refractivity contribution in [2.45, 2.75) is 13.3 Å². The molecule has 0 unspecified atom stereocenters. The summed E-state index contributed by atoms with van der Waals surface area (Å²) < 4.78 is 0. The van der Waals surface area contributed by atoms with Crippen molar-refractivity contribution in [2.24, 2.45) is 4.99 Å². The summed E-state index contributed by atoms with van der Waals surface area (Å²) in [5, 5.41) is 10.1. The van der Waals surface area contributed by atoms with Crippen LogP contribution in [0.15, 0.2) is 199 Å².